The quantitative estimate of drug-likeness (QED) is 0.337. The van der Waals surface area contributed by atoms with Gasteiger partial charge in [-0.05, 0) is 13.8 Å². The second-order valence-corrected chi connectivity index (χ2v) is 1.43. The summed E-state index contributed by atoms with van der Waals surface area (Å²) in [5.41, 5.74) is 0. The van der Waals surface area contributed by atoms with Gasteiger partial charge in [0, 0.05) is 0 Å². The third-order valence-electron chi connectivity index (χ3n) is 0.628. The van der Waals surface area contributed by atoms with E-state index in [2.05, 4.69) is 4.74 Å². The fourth-order valence-corrected chi connectivity index (χ4v) is 0.263. The average Bonchev–Trinajstić information content (AvgIpc) is 1.67. The van der Waals surface area contributed by atoms with E-state index in [1.54, 1.807) is 6.92 Å². The molecule has 0 amide bonds. The molecule has 5 heteroatoms. The Balaban J connectivity index is -0.000000245. The molecule has 10 heavy (non-hydrogen) atoms. The first-order chi connectivity index (χ1) is 3.68. The number of hydrogen-bond acceptors (Lipinski definition) is 3. The van der Waals surface area contributed by atoms with Gasteiger partial charge in [0.2, 0.25) is 0 Å². The van der Waals surface area contributed by atoms with E-state index in [1.165, 1.54) is 6.92 Å². The smallest absolute Gasteiger partial charge is 1.00 e. The van der Waals surface area contributed by atoms with Crippen molar-refractivity contribution in [1.82, 2.24) is 0 Å². The Morgan fingerprint density at radius 1 is 1.70 bits per heavy atom. The first-order valence-electron chi connectivity index (χ1n) is 2.53. The van der Waals surface area contributed by atoms with Crippen LogP contribution in [0.2, 0.25) is 0 Å². The molecule has 0 aliphatic heterocycles. The van der Waals surface area contributed by atoms with Crippen LogP contribution < -0.4 is 42.0 Å². The van der Waals surface area contributed by atoms with Crippen LogP contribution in [0.1, 0.15) is 13.8 Å². The van der Waals surface area contributed by atoms with Gasteiger partial charge < -0.3 is 22.3 Å². The Morgan fingerprint density at radius 3 is 2.20 bits per heavy atom. The van der Waals surface area contributed by atoms with Crippen molar-refractivity contribution >= 4 is 5.97 Å². The van der Waals surface area contributed by atoms with E-state index >= 15 is 0 Å². The summed E-state index contributed by atoms with van der Waals surface area (Å²) in [7, 11) is 0. The van der Waals surface area contributed by atoms with Crippen LogP contribution in [0.25, 0.3) is 0 Å². The molecule has 1 N–H and O–H groups in total. The van der Waals surface area contributed by atoms with Gasteiger partial charge in [-0.3, -0.25) is 0 Å². The Hall–Kier alpha value is 0.720. The van der Waals surface area contributed by atoms with Crippen molar-refractivity contribution in [2.75, 3.05) is 6.61 Å². The average molecular weight is 177 g/mol. The third-order valence-corrected chi connectivity index (χ3v) is 0.628. The number of ether oxygens (including phenoxy) is 1. The molecule has 56 valence electrons. The summed E-state index contributed by atoms with van der Waals surface area (Å²) in [6.45, 7) is 3.39. The van der Waals surface area contributed by atoms with Crippen LogP contribution in [-0.4, -0.2) is 23.8 Å². The van der Waals surface area contributed by atoms with Gasteiger partial charge in [-0.1, -0.05) is 0 Å². The second-order valence-electron chi connectivity index (χ2n) is 1.43. The minimum Gasteiger partial charge on any atom is -1.00 e. The predicted octanol–water partition coefficient (Wildman–Crippen LogP) is -6.06. The van der Waals surface area contributed by atoms with Crippen LogP contribution in [0.15, 0.2) is 0 Å². The van der Waals surface area contributed by atoms with E-state index in [0.29, 0.717) is 6.61 Å². The fraction of sp³-hybridized carbons (Fsp3) is 0.800. The largest absolute Gasteiger partial charge is 1.00 e. The number of aliphatic hydroxyl groups excluding tert-OH is 1. The molecule has 0 bridgehead atoms. The van der Waals surface area contributed by atoms with E-state index < -0.39 is 12.1 Å². The van der Waals surface area contributed by atoms with Crippen LogP contribution in [0.4, 0.5) is 0 Å². The third kappa shape index (κ3) is 8.72. The van der Waals surface area contributed by atoms with E-state index in [9.17, 15) is 4.79 Å². The predicted molar refractivity (Wildman–Crippen MR) is 28.3 cm³/mol. The molecule has 0 radical (unpaired) electrons. The summed E-state index contributed by atoms with van der Waals surface area (Å²) in [5, 5.41) is 8.48. The zero-order chi connectivity index (χ0) is 6.57. The molecule has 0 heterocycles. The molecule has 0 rings (SSSR count). The molecule has 1 atom stereocenters. The summed E-state index contributed by atoms with van der Waals surface area (Å²) in [6, 6.07) is 0. The Morgan fingerprint density at radius 2 is 2.10 bits per heavy atom. The van der Waals surface area contributed by atoms with Gasteiger partial charge in [-0.25, -0.2) is 4.79 Å². The van der Waals surface area contributed by atoms with Gasteiger partial charge in [0.05, 0.1) is 6.61 Å². The van der Waals surface area contributed by atoms with Crippen molar-refractivity contribution < 1.29 is 56.6 Å². The Kier molecular flexibility index (Phi) is 16.5. The topological polar surface area (TPSA) is 46.5 Å². The van der Waals surface area contributed by atoms with Crippen LogP contribution in [0, 0.1) is 0 Å². The molecule has 0 saturated heterocycles. The number of rotatable bonds is 2. The SMILES string of the molecule is CCOC(=O)C(C)O.[Cl-].[Na+]. The zero-order valence-corrected chi connectivity index (χ0v) is 9.18. The van der Waals surface area contributed by atoms with E-state index in [-0.39, 0.29) is 42.0 Å². The zero-order valence-electron chi connectivity index (χ0n) is 6.43. The first kappa shape index (κ1) is 17.0. The molecular formula is C5H10ClNaO3. The van der Waals surface area contributed by atoms with Gasteiger partial charge in [-0.2, -0.15) is 0 Å². The molecule has 1 unspecified atom stereocenters. The van der Waals surface area contributed by atoms with Crippen molar-refractivity contribution in [3.05, 3.63) is 0 Å². The van der Waals surface area contributed by atoms with Crippen molar-refractivity contribution in [1.29, 1.82) is 0 Å². The van der Waals surface area contributed by atoms with E-state index in [4.69, 9.17) is 5.11 Å². The van der Waals surface area contributed by atoms with E-state index in [0.717, 1.165) is 0 Å². The van der Waals surface area contributed by atoms with Gasteiger partial charge in [0.15, 0.2) is 0 Å². The van der Waals surface area contributed by atoms with E-state index in [1.807, 2.05) is 0 Å². The van der Waals surface area contributed by atoms with Crippen LogP contribution in [0.3, 0.4) is 0 Å². The molecule has 0 fully saturated rings. The minimum atomic E-state index is -0.991. The van der Waals surface area contributed by atoms with Gasteiger partial charge in [0.1, 0.15) is 6.10 Å². The molecule has 0 aromatic carbocycles. The standard InChI is InChI=1S/C5H10O3.ClH.Na/c1-3-8-5(7)4(2)6;;/h4,6H,3H2,1-2H3;1H;/q;;+1/p-1. The molecule has 0 spiro atoms. The summed E-state index contributed by atoms with van der Waals surface area (Å²) in [5.74, 6) is -0.562. The molecule has 0 aromatic rings. The summed E-state index contributed by atoms with van der Waals surface area (Å²) < 4.78 is 4.41. The molecule has 3 nitrogen and oxygen atoms in total. The number of hydrogen-bond donors (Lipinski definition) is 1. The number of halogens is 1. The van der Waals surface area contributed by atoms with Crippen molar-refractivity contribution in [3.8, 4) is 0 Å². The van der Waals surface area contributed by atoms with Crippen LogP contribution >= 0.6 is 0 Å². The monoisotopic (exact) mass is 176 g/mol. The summed E-state index contributed by atoms with van der Waals surface area (Å²) in [4.78, 5) is 10.3. The van der Waals surface area contributed by atoms with Crippen molar-refractivity contribution in [2.24, 2.45) is 0 Å². The maximum atomic E-state index is 10.3. The van der Waals surface area contributed by atoms with Gasteiger partial charge in [-0.15, -0.1) is 0 Å². The number of aliphatic hydroxyl groups is 1. The van der Waals surface area contributed by atoms with Gasteiger partial charge in [0.25, 0.3) is 0 Å². The summed E-state index contributed by atoms with van der Waals surface area (Å²) in [6.07, 6.45) is -0.991. The van der Waals surface area contributed by atoms with Crippen LogP contribution in [-0.2, 0) is 9.53 Å². The molecule has 0 saturated carbocycles. The molecular weight excluding hydrogens is 166 g/mol. The molecule has 0 aliphatic rings. The number of carbonyl (C=O) groups excluding carboxylic acids is 1. The Bertz CT molecular complexity index is 87.0. The first-order valence-corrected chi connectivity index (χ1v) is 2.53. The summed E-state index contributed by atoms with van der Waals surface area (Å²) >= 11 is 0. The Labute approximate surface area is 88.8 Å². The number of esters is 1. The van der Waals surface area contributed by atoms with Crippen molar-refractivity contribution in [2.45, 2.75) is 20.0 Å². The molecule has 0 aromatic heterocycles. The minimum absolute atomic E-state index is 0. The maximum Gasteiger partial charge on any atom is 1.00 e. The van der Waals surface area contributed by atoms with Crippen LogP contribution in [0.5, 0.6) is 0 Å². The second kappa shape index (κ2) is 9.72. The maximum absolute atomic E-state index is 10.3. The number of carbonyl (C=O) groups is 1. The van der Waals surface area contributed by atoms with Crippen molar-refractivity contribution in [3.63, 3.8) is 0 Å². The molecule has 0 aliphatic carbocycles. The normalized spacial score (nSPS) is 10.3. The van der Waals surface area contributed by atoms with Gasteiger partial charge >= 0.3 is 35.5 Å². The fourth-order valence-electron chi connectivity index (χ4n) is 0.263.